The molecule has 0 unspecified atom stereocenters. The van der Waals surface area contributed by atoms with E-state index in [2.05, 4.69) is 9.97 Å². The summed E-state index contributed by atoms with van der Waals surface area (Å²) in [5.41, 5.74) is 2.95. The van der Waals surface area contributed by atoms with Gasteiger partial charge in [-0.05, 0) is 41.5 Å². The minimum Gasteiger partial charge on any atom is -0.438 e. The Morgan fingerprint density at radius 3 is 2.00 bits per heavy atom. The average molecular weight is 508 g/mol. The summed E-state index contributed by atoms with van der Waals surface area (Å²) in [7, 11) is -4.15. The van der Waals surface area contributed by atoms with E-state index in [0.717, 1.165) is 10.9 Å². The maximum atomic E-state index is 13.1. The van der Waals surface area contributed by atoms with Gasteiger partial charge in [-0.25, -0.2) is 9.78 Å². The van der Waals surface area contributed by atoms with Crippen molar-refractivity contribution in [3.8, 4) is 0 Å². The van der Waals surface area contributed by atoms with Crippen LogP contribution in [0.15, 0.2) is 11.1 Å². The predicted molar refractivity (Wildman–Crippen MR) is 118 cm³/mol. The predicted octanol–water partition coefficient (Wildman–Crippen LogP) is 0.875. The lowest BCUT2D eigenvalue weighted by Crippen LogP contribution is -2.33. The summed E-state index contributed by atoms with van der Waals surface area (Å²) in [5, 5.41) is 9.59. The second-order valence-electron chi connectivity index (χ2n) is 9.22. The number of nitrogens with two attached hydrogens (primary N) is 1. The number of aliphatic hydroxyl groups excluding tert-OH is 1. The molecule has 34 heavy (non-hydrogen) atoms. The number of hydrogen-bond acceptors (Lipinski definition) is 13. The molecule has 0 aliphatic rings. The molecule has 0 aliphatic carbocycles. The first-order chi connectivity index (χ1) is 15.6. The number of aromatic nitrogens is 3. The van der Waals surface area contributed by atoms with Gasteiger partial charge in [0.25, 0.3) is 0 Å². The highest BCUT2D eigenvalue weighted by Gasteiger charge is 2.31. The van der Waals surface area contributed by atoms with Gasteiger partial charge in [0.05, 0.1) is 30.1 Å². The van der Waals surface area contributed by atoms with E-state index in [-0.39, 0.29) is 12.5 Å². The first-order valence-corrected chi connectivity index (χ1v) is 11.9. The van der Waals surface area contributed by atoms with Crippen molar-refractivity contribution in [2.75, 3.05) is 32.3 Å². The number of esters is 2. The van der Waals surface area contributed by atoms with Crippen molar-refractivity contribution >= 4 is 25.5 Å². The summed E-state index contributed by atoms with van der Waals surface area (Å²) in [6, 6.07) is 0. The lowest BCUT2D eigenvalue weighted by atomic mass is 9.98. The molecule has 1 heterocycles. The van der Waals surface area contributed by atoms with Crippen molar-refractivity contribution in [1.29, 1.82) is 0 Å². The van der Waals surface area contributed by atoms with Crippen LogP contribution in [-0.2, 0) is 44.0 Å². The highest BCUT2D eigenvalue weighted by molar-refractivity contribution is 7.53. The second kappa shape index (κ2) is 12.4. The fourth-order valence-corrected chi connectivity index (χ4v) is 2.98. The first kappa shape index (κ1) is 29.7. The monoisotopic (exact) mass is 508 g/mol. The molecule has 0 amide bonds. The second-order valence-corrected chi connectivity index (χ2v) is 11.2. The Hall–Kier alpha value is -2.38. The molecule has 1 aromatic rings. The molecule has 1 aromatic heterocycles. The van der Waals surface area contributed by atoms with E-state index in [9.17, 15) is 24.1 Å². The zero-order valence-electron chi connectivity index (χ0n) is 20.2. The molecule has 0 aromatic carbocycles. The van der Waals surface area contributed by atoms with Crippen molar-refractivity contribution in [3.05, 3.63) is 16.8 Å². The largest absolute Gasteiger partial charge is 0.438 e. The van der Waals surface area contributed by atoms with E-state index in [1.54, 1.807) is 41.5 Å². The van der Waals surface area contributed by atoms with E-state index in [4.69, 9.17) is 29.0 Å². The Morgan fingerprint density at radius 1 is 1.09 bits per heavy atom. The van der Waals surface area contributed by atoms with Crippen LogP contribution in [0.5, 0.6) is 0 Å². The molecule has 0 radical (unpaired) electrons. The number of nitrogen functional groups attached to an aromatic ring is 1. The topological polar surface area (TPSA) is 191 Å². The molecule has 0 bridgehead atoms. The van der Waals surface area contributed by atoms with Gasteiger partial charge in [0.15, 0.2) is 0 Å². The van der Waals surface area contributed by atoms with Gasteiger partial charge in [0, 0.05) is 0 Å². The standard InChI is InChI=1S/C19H33N4O10P/c1-18(2,3)14(25)29-10-32-34(28,33-11-30-15(26)19(4,5)6)12-31-13(8-24)7-23-9-21-16(20)22-17(23)27/h9,13,24H,7-8,10-12H2,1-6H3,(H2,20,22,27)/t13-/m0/s1. The maximum absolute atomic E-state index is 13.1. The quantitative estimate of drug-likeness (QED) is 0.230. The van der Waals surface area contributed by atoms with E-state index >= 15 is 0 Å². The third kappa shape index (κ3) is 10.3. The maximum Gasteiger partial charge on any atom is 0.361 e. The van der Waals surface area contributed by atoms with Gasteiger partial charge >= 0.3 is 25.2 Å². The summed E-state index contributed by atoms with van der Waals surface area (Å²) in [6.07, 6.45) is -0.649. The Kier molecular flexibility index (Phi) is 10.8. The molecular formula is C19H33N4O10P. The van der Waals surface area contributed by atoms with Gasteiger partial charge in [0.2, 0.25) is 19.5 Å². The molecule has 14 nitrogen and oxygen atoms in total. The van der Waals surface area contributed by atoms with Crippen LogP contribution in [0.4, 0.5) is 5.95 Å². The Balaban J connectivity index is 2.83. The highest BCUT2D eigenvalue weighted by atomic mass is 31.2. The van der Waals surface area contributed by atoms with Crippen LogP contribution >= 0.6 is 7.60 Å². The van der Waals surface area contributed by atoms with Crippen molar-refractivity contribution in [2.24, 2.45) is 10.8 Å². The number of carbonyl (C=O) groups excluding carboxylic acids is 2. The molecule has 0 fully saturated rings. The first-order valence-electron chi connectivity index (χ1n) is 10.2. The van der Waals surface area contributed by atoms with E-state index in [1.165, 1.54) is 0 Å². The molecule has 3 N–H and O–H groups in total. The molecule has 1 rings (SSSR count). The zero-order chi connectivity index (χ0) is 26.2. The molecule has 15 heteroatoms. The number of ether oxygens (including phenoxy) is 3. The fraction of sp³-hybridized carbons (Fsp3) is 0.737. The molecule has 0 saturated heterocycles. The van der Waals surface area contributed by atoms with Crippen molar-refractivity contribution in [3.63, 3.8) is 0 Å². The lowest BCUT2D eigenvalue weighted by Gasteiger charge is -2.23. The zero-order valence-corrected chi connectivity index (χ0v) is 21.1. The van der Waals surface area contributed by atoms with Gasteiger partial charge in [0.1, 0.15) is 12.7 Å². The summed E-state index contributed by atoms with van der Waals surface area (Å²) < 4.78 is 39.7. The Morgan fingerprint density at radius 2 is 1.59 bits per heavy atom. The SMILES string of the molecule is CC(C)(C)C(=O)OCOP(=O)(CO[C@H](CO)Cn1cnc(N)nc1=O)OCOC(=O)C(C)(C)C. The van der Waals surface area contributed by atoms with Crippen LogP contribution in [0.3, 0.4) is 0 Å². The van der Waals surface area contributed by atoms with Crippen LogP contribution in [0, 0.1) is 10.8 Å². The minimum atomic E-state index is -4.15. The van der Waals surface area contributed by atoms with Gasteiger partial charge in [-0.3, -0.25) is 27.8 Å². The van der Waals surface area contributed by atoms with Crippen LogP contribution < -0.4 is 11.4 Å². The molecule has 0 aliphatic heterocycles. The van der Waals surface area contributed by atoms with E-state index in [0.29, 0.717) is 0 Å². The van der Waals surface area contributed by atoms with E-state index in [1.807, 2.05) is 0 Å². The van der Waals surface area contributed by atoms with Crippen LogP contribution in [0.25, 0.3) is 0 Å². The third-order valence-corrected chi connectivity index (χ3v) is 5.42. The summed E-state index contributed by atoms with van der Waals surface area (Å²) >= 11 is 0. The number of hydrogen-bond donors (Lipinski definition) is 2. The smallest absolute Gasteiger partial charge is 0.361 e. The van der Waals surface area contributed by atoms with Gasteiger partial charge in [-0.1, -0.05) is 0 Å². The Bertz CT molecular complexity index is 902. The number of carbonyl (C=O) groups is 2. The van der Waals surface area contributed by atoms with Crippen molar-refractivity contribution in [1.82, 2.24) is 14.5 Å². The average Bonchev–Trinajstić information content (AvgIpc) is 2.71. The fourth-order valence-electron chi connectivity index (χ4n) is 1.94. The highest BCUT2D eigenvalue weighted by Crippen LogP contribution is 2.48. The Labute approximate surface area is 197 Å². The van der Waals surface area contributed by atoms with Gasteiger partial charge in [-0.2, -0.15) is 4.98 Å². The van der Waals surface area contributed by atoms with E-state index < -0.39 is 68.7 Å². The molecule has 194 valence electrons. The van der Waals surface area contributed by atoms with Crippen LogP contribution in [0.1, 0.15) is 41.5 Å². The van der Waals surface area contributed by atoms with Gasteiger partial charge < -0.3 is 25.1 Å². The molecular weight excluding hydrogens is 475 g/mol. The van der Waals surface area contributed by atoms with Crippen molar-refractivity contribution in [2.45, 2.75) is 54.2 Å². The lowest BCUT2D eigenvalue weighted by molar-refractivity contribution is -0.162. The normalized spacial score (nSPS) is 13.4. The van der Waals surface area contributed by atoms with Crippen molar-refractivity contribution < 1.29 is 42.5 Å². The summed E-state index contributed by atoms with van der Waals surface area (Å²) in [4.78, 5) is 42.8. The minimum absolute atomic E-state index is 0.201. The van der Waals surface area contributed by atoms with Crippen LogP contribution in [0.2, 0.25) is 0 Å². The summed E-state index contributed by atoms with van der Waals surface area (Å²) in [6.45, 7) is 7.50. The summed E-state index contributed by atoms with van der Waals surface area (Å²) in [5.74, 6) is -1.45. The molecule has 0 spiro atoms. The molecule has 0 saturated carbocycles. The molecule has 1 atom stereocenters. The number of anilines is 1. The number of rotatable bonds is 12. The van der Waals surface area contributed by atoms with Gasteiger partial charge in [-0.15, -0.1) is 0 Å². The van der Waals surface area contributed by atoms with Crippen LogP contribution in [-0.4, -0.2) is 64.2 Å². The number of nitrogens with zero attached hydrogens (tertiary/aromatic N) is 3. The number of aliphatic hydroxyl groups is 1. The third-order valence-electron chi connectivity index (χ3n) is 3.96.